The molecule has 0 saturated heterocycles. The quantitative estimate of drug-likeness (QED) is 0.756. The molecule has 1 atom stereocenters. The monoisotopic (exact) mass is 328 g/mol. The van der Waals surface area contributed by atoms with Gasteiger partial charge in [-0.1, -0.05) is 13.8 Å². The number of hydrogen-bond donors (Lipinski definition) is 2. The van der Waals surface area contributed by atoms with Gasteiger partial charge in [0.15, 0.2) is 0 Å². The highest BCUT2D eigenvalue weighted by Crippen LogP contribution is 2.14. The maximum atomic E-state index is 11.9. The number of aromatic nitrogens is 1. The zero-order chi connectivity index (χ0) is 14.3. The Kier molecular flexibility index (Phi) is 7.02. The third-order valence-electron chi connectivity index (χ3n) is 2.88. The fourth-order valence-electron chi connectivity index (χ4n) is 2.00. The summed E-state index contributed by atoms with van der Waals surface area (Å²) in [6.07, 6.45) is 3.26. The van der Waals surface area contributed by atoms with Crippen molar-refractivity contribution < 1.29 is 9.90 Å². The highest BCUT2D eigenvalue weighted by atomic mass is 79.9. The molecule has 0 aromatic carbocycles. The van der Waals surface area contributed by atoms with E-state index in [4.69, 9.17) is 5.11 Å². The molecule has 0 radical (unpaired) electrons. The molecule has 1 aromatic rings. The van der Waals surface area contributed by atoms with Gasteiger partial charge in [0.05, 0.1) is 5.56 Å². The number of rotatable bonds is 7. The van der Waals surface area contributed by atoms with Crippen LogP contribution >= 0.6 is 15.9 Å². The summed E-state index contributed by atoms with van der Waals surface area (Å²) in [6.45, 7) is 5.04. The summed E-state index contributed by atoms with van der Waals surface area (Å²) in [7, 11) is 0. The van der Waals surface area contributed by atoms with Crippen LogP contribution in [0.2, 0.25) is 0 Å². The number of carbonyl (C=O) groups is 1. The number of nitrogens with one attached hydrogen (secondary N) is 1. The Hall–Kier alpha value is -0.940. The van der Waals surface area contributed by atoms with Gasteiger partial charge in [-0.3, -0.25) is 4.79 Å². The van der Waals surface area contributed by atoms with Gasteiger partial charge in [0.25, 0.3) is 5.91 Å². The molecule has 0 bridgehead atoms. The van der Waals surface area contributed by atoms with E-state index in [0.29, 0.717) is 28.5 Å². The topological polar surface area (TPSA) is 62.2 Å². The molecule has 0 aliphatic rings. The van der Waals surface area contributed by atoms with Crippen molar-refractivity contribution in [3.63, 3.8) is 0 Å². The summed E-state index contributed by atoms with van der Waals surface area (Å²) in [5, 5.41) is 11.9. The van der Waals surface area contributed by atoms with Crippen LogP contribution in [0.1, 0.15) is 37.0 Å². The van der Waals surface area contributed by atoms with Gasteiger partial charge in [0.2, 0.25) is 0 Å². The fourth-order valence-corrected chi connectivity index (χ4v) is 2.24. The summed E-state index contributed by atoms with van der Waals surface area (Å²) >= 11 is 3.23. The third-order valence-corrected chi connectivity index (χ3v) is 3.35. The van der Waals surface area contributed by atoms with E-state index in [-0.39, 0.29) is 12.5 Å². The number of amides is 1. The molecule has 1 unspecified atom stereocenters. The molecule has 4 nitrogen and oxygen atoms in total. The van der Waals surface area contributed by atoms with E-state index in [1.165, 1.54) is 0 Å². The molecular formula is C14H21BrN2O2. The van der Waals surface area contributed by atoms with Crippen molar-refractivity contribution in [2.45, 2.75) is 26.7 Å². The van der Waals surface area contributed by atoms with Gasteiger partial charge < -0.3 is 10.4 Å². The molecular weight excluding hydrogens is 308 g/mol. The molecule has 1 aromatic heterocycles. The van der Waals surface area contributed by atoms with Crippen LogP contribution in [0.25, 0.3) is 0 Å². The van der Waals surface area contributed by atoms with Crippen molar-refractivity contribution in [1.82, 2.24) is 10.3 Å². The first-order chi connectivity index (χ1) is 9.02. The van der Waals surface area contributed by atoms with E-state index >= 15 is 0 Å². The predicted octanol–water partition coefficient (Wildman–Crippen LogP) is 2.62. The van der Waals surface area contributed by atoms with Gasteiger partial charge in [-0.25, -0.2) is 4.98 Å². The second kappa shape index (κ2) is 8.27. The van der Waals surface area contributed by atoms with Crippen molar-refractivity contribution in [3.8, 4) is 0 Å². The molecule has 19 heavy (non-hydrogen) atoms. The maximum absolute atomic E-state index is 11.9. The van der Waals surface area contributed by atoms with Crippen molar-refractivity contribution in [2.75, 3.05) is 13.2 Å². The lowest BCUT2D eigenvalue weighted by atomic mass is 9.94. The number of hydrogen-bond acceptors (Lipinski definition) is 3. The molecule has 1 heterocycles. The molecule has 106 valence electrons. The van der Waals surface area contributed by atoms with Crippen LogP contribution in [0.15, 0.2) is 22.9 Å². The van der Waals surface area contributed by atoms with E-state index < -0.39 is 0 Å². The minimum atomic E-state index is -0.119. The normalized spacial score (nSPS) is 12.5. The summed E-state index contributed by atoms with van der Waals surface area (Å²) in [4.78, 5) is 15.9. The van der Waals surface area contributed by atoms with E-state index in [9.17, 15) is 4.79 Å². The van der Waals surface area contributed by atoms with Gasteiger partial charge in [-0.05, 0) is 52.7 Å². The lowest BCUT2D eigenvalue weighted by molar-refractivity contribution is 0.0941. The summed E-state index contributed by atoms with van der Waals surface area (Å²) in [5.74, 6) is 0.756. The first-order valence-electron chi connectivity index (χ1n) is 6.53. The van der Waals surface area contributed by atoms with E-state index in [0.717, 1.165) is 12.8 Å². The Labute approximate surface area is 122 Å². The number of halogens is 1. The van der Waals surface area contributed by atoms with Crippen molar-refractivity contribution in [2.24, 2.45) is 11.8 Å². The van der Waals surface area contributed by atoms with E-state index in [1.807, 2.05) is 0 Å². The Morgan fingerprint density at radius 3 is 2.74 bits per heavy atom. The van der Waals surface area contributed by atoms with Crippen LogP contribution in [-0.2, 0) is 0 Å². The predicted molar refractivity (Wildman–Crippen MR) is 78.9 cm³/mol. The number of aliphatic hydroxyl groups is 1. The zero-order valence-corrected chi connectivity index (χ0v) is 13.0. The summed E-state index contributed by atoms with van der Waals surface area (Å²) in [5.41, 5.74) is 0.551. The Morgan fingerprint density at radius 1 is 1.47 bits per heavy atom. The van der Waals surface area contributed by atoms with E-state index in [1.54, 1.807) is 18.3 Å². The maximum Gasteiger partial charge on any atom is 0.252 e. The number of carbonyl (C=O) groups excluding carboxylic acids is 1. The second-order valence-corrected chi connectivity index (χ2v) is 5.90. The Balaban J connectivity index is 2.49. The van der Waals surface area contributed by atoms with Gasteiger partial charge >= 0.3 is 0 Å². The number of pyridine rings is 1. The molecule has 0 aliphatic carbocycles. The van der Waals surface area contributed by atoms with Crippen molar-refractivity contribution >= 4 is 21.8 Å². The SMILES string of the molecule is CC(C)CC(CCO)CNC(=O)c1ccc(Br)nc1. The second-order valence-electron chi connectivity index (χ2n) is 5.09. The van der Waals surface area contributed by atoms with E-state index in [2.05, 4.69) is 40.1 Å². The van der Waals surface area contributed by atoms with Gasteiger partial charge in [0.1, 0.15) is 4.60 Å². The van der Waals surface area contributed by atoms with Crippen LogP contribution in [-0.4, -0.2) is 29.1 Å². The lowest BCUT2D eigenvalue weighted by Crippen LogP contribution is -2.30. The standard InChI is InChI=1S/C14H21BrN2O2/c1-10(2)7-11(5-6-18)8-17-14(19)12-3-4-13(15)16-9-12/h3-4,9-11,18H,5-8H2,1-2H3,(H,17,19). The Bertz CT molecular complexity index is 393. The average Bonchev–Trinajstić information content (AvgIpc) is 2.36. The average molecular weight is 329 g/mol. The minimum Gasteiger partial charge on any atom is -0.396 e. The van der Waals surface area contributed by atoms with Crippen LogP contribution < -0.4 is 5.32 Å². The molecule has 5 heteroatoms. The Morgan fingerprint density at radius 2 is 2.21 bits per heavy atom. The van der Waals surface area contributed by atoms with Crippen LogP contribution in [0.3, 0.4) is 0 Å². The molecule has 2 N–H and O–H groups in total. The first-order valence-corrected chi connectivity index (χ1v) is 7.32. The van der Waals surface area contributed by atoms with Gasteiger partial charge in [-0.15, -0.1) is 0 Å². The highest BCUT2D eigenvalue weighted by molar-refractivity contribution is 9.10. The lowest BCUT2D eigenvalue weighted by Gasteiger charge is -2.18. The molecule has 1 amide bonds. The van der Waals surface area contributed by atoms with Crippen molar-refractivity contribution in [3.05, 3.63) is 28.5 Å². The zero-order valence-electron chi connectivity index (χ0n) is 11.4. The van der Waals surface area contributed by atoms with Crippen molar-refractivity contribution in [1.29, 1.82) is 0 Å². The molecule has 0 fully saturated rings. The van der Waals surface area contributed by atoms with Crippen LogP contribution in [0.5, 0.6) is 0 Å². The smallest absolute Gasteiger partial charge is 0.252 e. The summed E-state index contributed by atoms with van der Waals surface area (Å²) in [6, 6.07) is 3.48. The number of aliphatic hydroxyl groups excluding tert-OH is 1. The van der Waals surface area contributed by atoms with Crippen LogP contribution in [0.4, 0.5) is 0 Å². The van der Waals surface area contributed by atoms with Gasteiger partial charge in [0, 0.05) is 19.3 Å². The third kappa shape index (κ3) is 6.16. The largest absolute Gasteiger partial charge is 0.396 e. The minimum absolute atomic E-state index is 0.119. The molecule has 0 saturated carbocycles. The highest BCUT2D eigenvalue weighted by Gasteiger charge is 2.13. The van der Waals surface area contributed by atoms with Crippen LogP contribution in [0, 0.1) is 11.8 Å². The first kappa shape index (κ1) is 16.1. The molecule has 0 aliphatic heterocycles. The fraction of sp³-hybridized carbons (Fsp3) is 0.571. The number of nitrogens with zero attached hydrogens (tertiary/aromatic N) is 1. The molecule has 1 rings (SSSR count). The van der Waals surface area contributed by atoms with Gasteiger partial charge in [-0.2, -0.15) is 0 Å². The molecule has 0 spiro atoms. The summed E-state index contributed by atoms with van der Waals surface area (Å²) < 4.78 is 0.710.